The van der Waals surface area contributed by atoms with Gasteiger partial charge in [-0.2, -0.15) is 0 Å². The minimum atomic E-state index is -0.354. The third kappa shape index (κ3) is 3.72. The Bertz CT molecular complexity index is 350. The Morgan fingerprint density at radius 1 is 1.36 bits per heavy atom. The monoisotopic (exact) mass is 188 g/mol. The number of allylic oxidation sites excluding steroid dienone is 1. The lowest BCUT2D eigenvalue weighted by Gasteiger charge is -1.98. The Balaban J connectivity index is 2.56. The number of benzene rings is 1. The number of carbonyl (C=O) groups excluding carboxylic acids is 1. The summed E-state index contributed by atoms with van der Waals surface area (Å²) < 4.78 is 4.75. The smallest absolute Gasteiger partial charge is 0.308 e. The molecule has 0 radical (unpaired) electrons. The largest absolute Gasteiger partial charge is 0.427 e. The summed E-state index contributed by atoms with van der Waals surface area (Å²) >= 11 is 0. The van der Waals surface area contributed by atoms with Gasteiger partial charge in [-0.05, 0) is 11.6 Å². The average molecular weight is 188 g/mol. The second kappa shape index (κ2) is 5.02. The van der Waals surface area contributed by atoms with Crippen molar-refractivity contribution in [2.45, 2.75) is 6.92 Å². The standard InChI is InChI=1S/C12H12O2/c1-10(14-11(2)13)8-9-12-6-4-3-5-7-12/h3-9H,1H2,2H3/b9-8+. The maximum Gasteiger partial charge on any atom is 0.308 e. The topological polar surface area (TPSA) is 26.3 Å². The Labute approximate surface area is 83.5 Å². The average Bonchev–Trinajstić information content (AvgIpc) is 2.15. The van der Waals surface area contributed by atoms with Crippen LogP contribution in [0.3, 0.4) is 0 Å². The van der Waals surface area contributed by atoms with Crippen LogP contribution < -0.4 is 0 Å². The zero-order valence-electron chi connectivity index (χ0n) is 8.07. The lowest BCUT2D eigenvalue weighted by atomic mass is 10.2. The number of rotatable bonds is 3. The van der Waals surface area contributed by atoms with Crippen LogP contribution in [0.5, 0.6) is 0 Å². The lowest BCUT2D eigenvalue weighted by molar-refractivity contribution is -0.136. The normalized spacial score (nSPS) is 10.1. The van der Waals surface area contributed by atoms with E-state index in [2.05, 4.69) is 6.58 Å². The van der Waals surface area contributed by atoms with Gasteiger partial charge in [-0.15, -0.1) is 0 Å². The highest BCUT2D eigenvalue weighted by Crippen LogP contribution is 2.04. The van der Waals surface area contributed by atoms with E-state index in [0.717, 1.165) is 5.56 Å². The molecule has 0 heterocycles. The van der Waals surface area contributed by atoms with Gasteiger partial charge in [-0.25, -0.2) is 0 Å². The Hall–Kier alpha value is -1.83. The fraction of sp³-hybridized carbons (Fsp3) is 0.0833. The van der Waals surface area contributed by atoms with E-state index in [4.69, 9.17) is 4.74 Å². The molecule has 0 aromatic heterocycles. The Morgan fingerprint density at radius 2 is 2.00 bits per heavy atom. The van der Waals surface area contributed by atoms with Crippen molar-refractivity contribution < 1.29 is 9.53 Å². The molecule has 0 saturated heterocycles. The van der Waals surface area contributed by atoms with E-state index in [1.165, 1.54) is 6.92 Å². The molecule has 2 heteroatoms. The molecule has 0 aliphatic carbocycles. The summed E-state index contributed by atoms with van der Waals surface area (Å²) in [7, 11) is 0. The van der Waals surface area contributed by atoms with Crippen LogP contribution in [0.25, 0.3) is 6.08 Å². The molecule has 0 saturated carbocycles. The van der Waals surface area contributed by atoms with Gasteiger partial charge < -0.3 is 4.74 Å². The highest BCUT2D eigenvalue weighted by molar-refractivity contribution is 5.68. The van der Waals surface area contributed by atoms with E-state index < -0.39 is 0 Å². The van der Waals surface area contributed by atoms with Gasteiger partial charge in [0.25, 0.3) is 0 Å². The van der Waals surface area contributed by atoms with E-state index in [1.54, 1.807) is 6.08 Å². The van der Waals surface area contributed by atoms with Crippen LogP contribution in [0.1, 0.15) is 12.5 Å². The van der Waals surface area contributed by atoms with Gasteiger partial charge in [0.05, 0.1) is 0 Å². The molecule has 0 N–H and O–H groups in total. The van der Waals surface area contributed by atoms with Crippen molar-refractivity contribution in [1.29, 1.82) is 0 Å². The van der Waals surface area contributed by atoms with Gasteiger partial charge in [0.2, 0.25) is 0 Å². The van der Waals surface area contributed by atoms with Crippen LogP contribution in [-0.2, 0) is 9.53 Å². The minimum Gasteiger partial charge on any atom is -0.427 e. The van der Waals surface area contributed by atoms with Gasteiger partial charge in [0, 0.05) is 6.92 Å². The predicted molar refractivity (Wildman–Crippen MR) is 56.4 cm³/mol. The van der Waals surface area contributed by atoms with Crippen LogP contribution in [0.4, 0.5) is 0 Å². The molecule has 0 unspecified atom stereocenters. The molecule has 1 rings (SSSR count). The van der Waals surface area contributed by atoms with Crippen molar-refractivity contribution in [3.63, 3.8) is 0 Å². The molecule has 0 bridgehead atoms. The molecule has 0 aliphatic rings. The second-order valence-corrected chi connectivity index (χ2v) is 2.80. The van der Waals surface area contributed by atoms with E-state index in [9.17, 15) is 4.79 Å². The van der Waals surface area contributed by atoms with Crippen molar-refractivity contribution in [1.82, 2.24) is 0 Å². The number of hydrogen-bond acceptors (Lipinski definition) is 2. The minimum absolute atomic E-state index is 0.348. The van der Waals surface area contributed by atoms with E-state index in [1.807, 2.05) is 36.4 Å². The van der Waals surface area contributed by atoms with Crippen LogP contribution >= 0.6 is 0 Å². The molecule has 14 heavy (non-hydrogen) atoms. The lowest BCUT2D eigenvalue weighted by Crippen LogP contribution is -1.94. The summed E-state index contributed by atoms with van der Waals surface area (Å²) in [5.41, 5.74) is 1.04. The molecule has 0 fully saturated rings. The van der Waals surface area contributed by atoms with Gasteiger partial charge >= 0.3 is 5.97 Å². The highest BCUT2D eigenvalue weighted by atomic mass is 16.5. The third-order valence-corrected chi connectivity index (χ3v) is 1.54. The Morgan fingerprint density at radius 3 is 2.57 bits per heavy atom. The van der Waals surface area contributed by atoms with Crippen LogP contribution in [0, 0.1) is 0 Å². The van der Waals surface area contributed by atoms with E-state index in [0.29, 0.717) is 5.76 Å². The highest BCUT2D eigenvalue weighted by Gasteiger charge is 1.93. The SMILES string of the molecule is C=C(/C=C/c1ccccc1)OC(C)=O. The van der Waals surface area contributed by atoms with Crippen molar-refractivity contribution in [2.24, 2.45) is 0 Å². The Kier molecular flexibility index (Phi) is 3.68. The number of esters is 1. The van der Waals surface area contributed by atoms with Crippen LogP contribution in [0.2, 0.25) is 0 Å². The number of ether oxygens (including phenoxy) is 1. The molecule has 0 amide bonds. The molecule has 1 aromatic carbocycles. The maximum atomic E-state index is 10.5. The summed E-state index contributed by atoms with van der Waals surface area (Å²) in [4.78, 5) is 10.5. The first kappa shape index (κ1) is 10.3. The predicted octanol–water partition coefficient (Wildman–Crippen LogP) is 2.78. The second-order valence-electron chi connectivity index (χ2n) is 2.80. The van der Waals surface area contributed by atoms with Gasteiger partial charge in [0.1, 0.15) is 5.76 Å². The number of hydrogen-bond donors (Lipinski definition) is 0. The summed E-state index contributed by atoms with van der Waals surface area (Å²) in [5, 5.41) is 0. The van der Waals surface area contributed by atoms with Crippen LogP contribution in [0.15, 0.2) is 48.7 Å². The zero-order chi connectivity index (χ0) is 10.4. The van der Waals surface area contributed by atoms with Crippen molar-refractivity contribution in [3.05, 3.63) is 54.3 Å². The van der Waals surface area contributed by atoms with E-state index in [-0.39, 0.29) is 5.97 Å². The number of carbonyl (C=O) groups is 1. The molecular formula is C12H12O2. The van der Waals surface area contributed by atoms with Crippen molar-refractivity contribution in [3.8, 4) is 0 Å². The van der Waals surface area contributed by atoms with Crippen molar-refractivity contribution >= 4 is 12.0 Å². The molecular weight excluding hydrogens is 176 g/mol. The van der Waals surface area contributed by atoms with Gasteiger partial charge in [0.15, 0.2) is 0 Å². The summed E-state index contributed by atoms with van der Waals surface area (Å²) in [5.74, 6) is -0.00550. The van der Waals surface area contributed by atoms with Gasteiger partial charge in [-0.1, -0.05) is 43.0 Å². The quantitative estimate of drug-likeness (QED) is 0.414. The summed E-state index contributed by atoms with van der Waals surface area (Å²) in [6.07, 6.45) is 3.50. The maximum absolute atomic E-state index is 10.5. The first-order valence-corrected chi connectivity index (χ1v) is 4.29. The molecule has 0 aliphatic heterocycles. The molecule has 1 aromatic rings. The van der Waals surface area contributed by atoms with Crippen LogP contribution in [-0.4, -0.2) is 5.97 Å². The molecule has 0 atom stereocenters. The summed E-state index contributed by atoms with van der Waals surface area (Å²) in [6, 6.07) is 9.73. The third-order valence-electron chi connectivity index (χ3n) is 1.54. The zero-order valence-corrected chi connectivity index (χ0v) is 8.07. The molecule has 0 spiro atoms. The first-order chi connectivity index (χ1) is 6.68. The first-order valence-electron chi connectivity index (χ1n) is 4.29. The molecule has 72 valence electrons. The fourth-order valence-electron chi connectivity index (χ4n) is 0.972. The van der Waals surface area contributed by atoms with Crippen molar-refractivity contribution in [2.75, 3.05) is 0 Å². The van der Waals surface area contributed by atoms with Gasteiger partial charge in [-0.3, -0.25) is 4.79 Å². The van der Waals surface area contributed by atoms with E-state index >= 15 is 0 Å². The summed E-state index contributed by atoms with van der Waals surface area (Å²) in [6.45, 7) is 4.93. The molecule has 2 nitrogen and oxygen atoms in total. The fourth-order valence-corrected chi connectivity index (χ4v) is 0.972.